The zero-order chi connectivity index (χ0) is 12.9. The van der Waals surface area contributed by atoms with E-state index in [9.17, 15) is 4.79 Å². The molecule has 0 bridgehead atoms. The molecule has 1 aliphatic rings. The van der Waals surface area contributed by atoms with Crippen LogP contribution in [0, 0.1) is 11.3 Å². The Balaban J connectivity index is 0.00000289. The molecule has 1 rings (SSSR count). The molecule has 1 aliphatic heterocycles. The molecule has 2 N–H and O–H groups in total. The van der Waals surface area contributed by atoms with E-state index >= 15 is 0 Å². The highest BCUT2D eigenvalue weighted by Crippen LogP contribution is 2.24. The fourth-order valence-electron chi connectivity index (χ4n) is 2.31. The van der Waals surface area contributed by atoms with E-state index in [1.807, 2.05) is 13.8 Å². The van der Waals surface area contributed by atoms with Crippen LogP contribution in [0.1, 0.15) is 27.2 Å². The Labute approximate surface area is 117 Å². The van der Waals surface area contributed by atoms with Gasteiger partial charge in [0.25, 0.3) is 0 Å². The lowest BCUT2D eigenvalue weighted by molar-refractivity contribution is -0.124. The SMILES string of the molecule is CC(C)C(=O)NCCN(C)CC1(C)CCNC1.Cl. The lowest BCUT2D eigenvalue weighted by Crippen LogP contribution is -2.40. The topological polar surface area (TPSA) is 44.4 Å². The van der Waals surface area contributed by atoms with Crippen LogP contribution >= 0.6 is 12.4 Å². The minimum atomic E-state index is 0. The summed E-state index contributed by atoms with van der Waals surface area (Å²) in [5.74, 6) is 0.226. The summed E-state index contributed by atoms with van der Waals surface area (Å²) in [4.78, 5) is 13.7. The molecule has 1 unspecified atom stereocenters. The van der Waals surface area contributed by atoms with Crippen LogP contribution < -0.4 is 10.6 Å². The van der Waals surface area contributed by atoms with Crippen LogP contribution in [0.3, 0.4) is 0 Å². The summed E-state index contributed by atoms with van der Waals surface area (Å²) in [6, 6.07) is 0. The quantitative estimate of drug-likeness (QED) is 0.765. The van der Waals surface area contributed by atoms with E-state index in [-0.39, 0.29) is 24.2 Å². The van der Waals surface area contributed by atoms with E-state index in [4.69, 9.17) is 0 Å². The van der Waals surface area contributed by atoms with Crippen molar-refractivity contribution in [3.8, 4) is 0 Å². The number of rotatable bonds is 6. The zero-order valence-electron chi connectivity index (χ0n) is 12.1. The maximum atomic E-state index is 11.4. The molecule has 5 heteroatoms. The third-order valence-corrected chi connectivity index (χ3v) is 3.43. The van der Waals surface area contributed by atoms with Gasteiger partial charge in [0.2, 0.25) is 5.91 Å². The highest BCUT2D eigenvalue weighted by molar-refractivity contribution is 5.85. The number of hydrogen-bond acceptors (Lipinski definition) is 3. The van der Waals surface area contributed by atoms with Crippen molar-refractivity contribution in [3.63, 3.8) is 0 Å². The first-order valence-corrected chi connectivity index (χ1v) is 6.60. The molecule has 1 fully saturated rings. The summed E-state index contributed by atoms with van der Waals surface area (Å²) in [7, 11) is 2.13. The van der Waals surface area contributed by atoms with Crippen LogP contribution in [0.2, 0.25) is 0 Å². The van der Waals surface area contributed by atoms with Crippen LogP contribution in [0.5, 0.6) is 0 Å². The number of nitrogens with one attached hydrogen (secondary N) is 2. The molecule has 4 nitrogen and oxygen atoms in total. The molecule has 0 aromatic heterocycles. The van der Waals surface area contributed by atoms with Gasteiger partial charge in [-0.25, -0.2) is 0 Å². The summed E-state index contributed by atoms with van der Waals surface area (Å²) in [5, 5.41) is 6.37. The Kier molecular flexibility index (Phi) is 7.83. The maximum absolute atomic E-state index is 11.4. The lowest BCUT2D eigenvalue weighted by atomic mass is 9.89. The zero-order valence-corrected chi connectivity index (χ0v) is 12.9. The van der Waals surface area contributed by atoms with Gasteiger partial charge in [-0.15, -0.1) is 12.4 Å². The third-order valence-electron chi connectivity index (χ3n) is 3.43. The van der Waals surface area contributed by atoms with Gasteiger partial charge in [0.15, 0.2) is 0 Å². The van der Waals surface area contributed by atoms with Gasteiger partial charge in [0.05, 0.1) is 0 Å². The molecule has 1 saturated heterocycles. The number of likely N-dealkylation sites (N-methyl/N-ethyl adjacent to an activating group) is 1. The highest BCUT2D eigenvalue weighted by atomic mass is 35.5. The highest BCUT2D eigenvalue weighted by Gasteiger charge is 2.29. The maximum Gasteiger partial charge on any atom is 0.222 e. The lowest BCUT2D eigenvalue weighted by Gasteiger charge is -2.29. The van der Waals surface area contributed by atoms with Gasteiger partial charge in [-0.3, -0.25) is 4.79 Å². The number of amides is 1. The summed E-state index contributed by atoms with van der Waals surface area (Å²) in [6.07, 6.45) is 1.25. The number of carbonyl (C=O) groups is 1. The van der Waals surface area contributed by atoms with Gasteiger partial charge in [0.1, 0.15) is 0 Å². The van der Waals surface area contributed by atoms with E-state index in [2.05, 4.69) is 29.5 Å². The van der Waals surface area contributed by atoms with Crippen molar-refractivity contribution in [2.45, 2.75) is 27.2 Å². The summed E-state index contributed by atoms with van der Waals surface area (Å²) in [6.45, 7) is 11.2. The third kappa shape index (κ3) is 6.03. The van der Waals surface area contributed by atoms with Gasteiger partial charge in [0, 0.05) is 32.1 Å². The predicted octanol–water partition coefficient (Wildman–Crippen LogP) is 1.11. The van der Waals surface area contributed by atoms with Crippen molar-refractivity contribution >= 4 is 18.3 Å². The fourth-order valence-corrected chi connectivity index (χ4v) is 2.31. The van der Waals surface area contributed by atoms with Crippen molar-refractivity contribution in [2.24, 2.45) is 11.3 Å². The molecule has 0 aliphatic carbocycles. The van der Waals surface area contributed by atoms with E-state index in [1.165, 1.54) is 6.42 Å². The van der Waals surface area contributed by atoms with Crippen molar-refractivity contribution in [1.29, 1.82) is 0 Å². The van der Waals surface area contributed by atoms with E-state index < -0.39 is 0 Å². The van der Waals surface area contributed by atoms with Crippen LogP contribution in [0.15, 0.2) is 0 Å². The van der Waals surface area contributed by atoms with Crippen molar-refractivity contribution < 1.29 is 4.79 Å². The summed E-state index contributed by atoms with van der Waals surface area (Å²) >= 11 is 0. The summed E-state index contributed by atoms with van der Waals surface area (Å²) in [5.41, 5.74) is 0.400. The number of halogens is 1. The van der Waals surface area contributed by atoms with Gasteiger partial charge < -0.3 is 15.5 Å². The van der Waals surface area contributed by atoms with Gasteiger partial charge >= 0.3 is 0 Å². The average molecular weight is 278 g/mol. The molecule has 1 amide bonds. The average Bonchev–Trinajstić information content (AvgIpc) is 2.64. The molecule has 0 aromatic carbocycles. The van der Waals surface area contributed by atoms with E-state index in [0.29, 0.717) is 5.41 Å². The Bertz CT molecular complexity index is 253. The van der Waals surface area contributed by atoms with Crippen LogP contribution in [0.4, 0.5) is 0 Å². The molecule has 0 aromatic rings. The van der Waals surface area contributed by atoms with Gasteiger partial charge in [-0.2, -0.15) is 0 Å². The Morgan fingerprint density at radius 1 is 1.50 bits per heavy atom. The monoisotopic (exact) mass is 277 g/mol. The minimum absolute atomic E-state index is 0. The summed E-state index contributed by atoms with van der Waals surface area (Å²) < 4.78 is 0. The fraction of sp³-hybridized carbons (Fsp3) is 0.923. The van der Waals surface area contributed by atoms with Crippen LogP contribution in [0.25, 0.3) is 0 Å². The first-order valence-electron chi connectivity index (χ1n) is 6.60. The number of nitrogens with zero attached hydrogens (tertiary/aromatic N) is 1. The Morgan fingerprint density at radius 3 is 2.67 bits per heavy atom. The Hall–Kier alpha value is -0.320. The largest absolute Gasteiger partial charge is 0.355 e. The molecule has 0 radical (unpaired) electrons. The molecule has 1 heterocycles. The van der Waals surface area contributed by atoms with Crippen molar-refractivity contribution in [1.82, 2.24) is 15.5 Å². The first-order chi connectivity index (χ1) is 7.93. The van der Waals surface area contributed by atoms with Crippen LogP contribution in [-0.2, 0) is 4.79 Å². The molecule has 0 saturated carbocycles. The second kappa shape index (κ2) is 7.97. The van der Waals surface area contributed by atoms with E-state index in [0.717, 1.165) is 32.7 Å². The molecule has 108 valence electrons. The number of carbonyl (C=O) groups excluding carboxylic acids is 1. The van der Waals surface area contributed by atoms with Crippen molar-refractivity contribution in [3.05, 3.63) is 0 Å². The van der Waals surface area contributed by atoms with Gasteiger partial charge in [-0.05, 0) is 25.4 Å². The standard InChI is InChI=1S/C13H27N3O.ClH/c1-11(2)12(17)15-7-8-16(4)10-13(3)5-6-14-9-13;/h11,14H,5-10H2,1-4H3,(H,15,17);1H. The smallest absolute Gasteiger partial charge is 0.222 e. The van der Waals surface area contributed by atoms with Crippen LogP contribution in [-0.4, -0.2) is 50.6 Å². The minimum Gasteiger partial charge on any atom is -0.355 e. The molecular formula is C13H28ClN3O. The van der Waals surface area contributed by atoms with Gasteiger partial charge in [-0.1, -0.05) is 20.8 Å². The van der Waals surface area contributed by atoms with Crippen molar-refractivity contribution in [2.75, 3.05) is 39.8 Å². The Morgan fingerprint density at radius 2 is 2.17 bits per heavy atom. The number of hydrogen-bond donors (Lipinski definition) is 2. The molecule has 1 atom stereocenters. The normalized spacial score (nSPS) is 23.2. The second-order valence-corrected chi connectivity index (χ2v) is 5.92. The first kappa shape index (κ1) is 17.7. The second-order valence-electron chi connectivity index (χ2n) is 5.92. The predicted molar refractivity (Wildman–Crippen MR) is 78.2 cm³/mol. The molecular weight excluding hydrogens is 250 g/mol. The molecule has 18 heavy (non-hydrogen) atoms. The molecule has 0 spiro atoms. The van der Waals surface area contributed by atoms with E-state index in [1.54, 1.807) is 0 Å².